The van der Waals surface area contributed by atoms with E-state index < -0.39 is 0 Å². The Morgan fingerprint density at radius 2 is 1.80 bits per heavy atom. The van der Waals surface area contributed by atoms with Gasteiger partial charge in [0.2, 0.25) is 0 Å². The molecule has 2 aromatic carbocycles. The van der Waals surface area contributed by atoms with Crippen LogP contribution in [0.25, 0.3) is 0 Å². The summed E-state index contributed by atoms with van der Waals surface area (Å²) in [6.45, 7) is 0.727. The second kappa shape index (κ2) is 12.0. The van der Waals surface area contributed by atoms with E-state index in [-0.39, 0.29) is 35.8 Å². The molecule has 0 unspecified atom stereocenters. The first kappa shape index (κ1) is 24.9. The SMILES string of the molecule is COC(=O)CCCC=CC[C@@H]1[C@@H](C=CC(=O)COc2ccccc2)[C@H]2C[C@]1(c1ccccc1)CO2. The van der Waals surface area contributed by atoms with Gasteiger partial charge in [-0.25, -0.2) is 0 Å². The number of ketones is 1. The van der Waals surface area contributed by atoms with Gasteiger partial charge in [0.1, 0.15) is 5.75 Å². The molecule has 5 heteroatoms. The van der Waals surface area contributed by atoms with E-state index in [2.05, 4.69) is 36.4 Å². The van der Waals surface area contributed by atoms with Gasteiger partial charge in [-0.05, 0) is 55.4 Å². The molecule has 0 spiro atoms. The molecule has 4 atom stereocenters. The van der Waals surface area contributed by atoms with E-state index in [4.69, 9.17) is 14.2 Å². The van der Waals surface area contributed by atoms with Crippen LogP contribution in [0.3, 0.4) is 0 Å². The van der Waals surface area contributed by atoms with Gasteiger partial charge >= 0.3 is 5.97 Å². The average molecular weight is 475 g/mol. The summed E-state index contributed by atoms with van der Waals surface area (Å²) < 4.78 is 16.6. The largest absolute Gasteiger partial charge is 0.485 e. The molecule has 0 amide bonds. The van der Waals surface area contributed by atoms with Gasteiger partial charge < -0.3 is 14.2 Å². The van der Waals surface area contributed by atoms with E-state index in [9.17, 15) is 9.59 Å². The van der Waals surface area contributed by atoms with Crippen molar-refractivity contribution in [1.29, 1.82) is 0 Å². The number of methoxy groups -OCH3 is 1. The Hall–Kier alpha value is -3.18. The number of ether oxygens (including phenoxy) is 3. The molecule has 1 saturated heterocycles. The van der Waals surface area contributed by atoms with Crippen LogP contribution in [0.1, 0.15) is 37.7 Å². The lowest BCUT2D eigenvalue weighted by Gasteiger charge is -2.38. The van der Waals surface area contributed by atoms with Crippen molar-refractivity contribution in [3.63, 3.8) is 0 Å². The molecular weight excluding hydrogens is 440 g/mol. The molecule has 35 heavy (non-hydrogen) atoms. The molecular formula is C30H34O5. The lowest BCUT2D eigenvalue weighted by atomic mass is 9.69. The molecule has 0 aromatic heterocycles. The summed E-state index contributed by atoms with van der Waals surface area (Å²) in [6.07, 6.45) is 12.1. The van der Waals surface area contributed by atoms with Crippen LogP contribution in [0.2, 0.25) is 0 Å². The van der Waals surface area contributed by atoms with Gasteiger partial charge in [-0.3, -0.25) is 9.59 Å². The fourth-order valence-corrected chi connectivity index (χ4v) is 5.46. The van der Waals surface area contributed by atoms with Crippen LogP contribution >= 0.6 is 0 Å². The van der Waals surface area contributed by atoms with Gasteiger partial charge in [-0.2, -0.15) is 0 Å². The van der Waals surface area contributed by atoms with Crippen molar-refractivity contribution in [2.45, 2.75) is 43.6 Å². The van der Waals surface area contributed by atoms with Gasteiger partial charge in [-0.1, -0.05) is 66.8 Å². The highest BCUT2D eigenvalue weighted by Gasteiger charge is 2.58. The standard InChI is InChI=1S/C30H34O5/c1-33-29(32)17-11-3-2-10-16-27-26(19-18-24(31)21-34-25-14-8-5-9-15-25)28-20-30(27,22-35-28)23-12-6-4-7-13-23/h2,4-10,12-15,18-19,26-28H,3,11,16-17,20-22H2,1H3/t26-,27-,28-,30-/m1/s1. The Balaban J connectivity index is 1.43. The number of esters is 1. The van der Waals surface area contributed by atoms with Crippen molar-refractivity contribution in [3.8, 4) is 5.75 Å². The summed E-state index contributed by atoms with van der Waals surface area (Å²) >= 11 is 0. The number of benzene rings is 2. The number of para-hydroxylation sites is 1. The predicted octanol–water partition coefficient (Wildman–Crippen LogP) is 5.45. The lowest BCUT2D eigenvalue weighted by Crippen LogP contribution is -2.39. The van der Waals surface area contributed by atoms with Gasteiger partial charge in [0.05, 0.1) is 19.8 Å². The molecule has 2 bridgehead atoms. The minimum absolute atomic E-state index is 0.0212. The highest BCUT2D eigenvalue weighted by atomic mass is 16.5. The fourth-order valence-electron chi connectivity index (χ4n) is 5.46. The highest BCUT2D eigenvalue weighted by molar-refractivity contribution is 5.91. The quantitative estimate of drug-likeness (QED) is 0.177. The molecule has 2 aliphatic rings. The first-order chi connectivity index (χ1) is 17.1. The summed E-state index contributed by atoms with van der Waals surface area (Å²) in [5.74, 6) is 0.958. The van der Waals surface area contributed by atoms with E-state index in [1.807, 2.05) is 42.5 Å². The number of fused-ring (bicyclic) bond motifs is 2. The van der Waals surface area contributed by atoms with Gasteiger partial charge in [0.15, 0.2) is 12.4 Å². The van der Waals surface area contributed by atoms with E-state index in [0.29, 0.717) is 24.7 Å². The predicted molar refractivity (Wildman–Crippen MR) is 135 cm³/mol. The maximum absolute atomic E-state index is 12.5. The zero-order valence-corrected chi connectivity index (χ0v) is 20.3. The second-order valence-corrected chi connectivity index (χ2v) is 9.36. The number of hydrogen-bond donors (Lipinski definition) is 0. The Labute approximate surface area is 207 Å². The first-order valence-corrected chi connectivity index (χ1v) is 12.4. The van der Waals surface area contributed by atoms with Crippen molar-refractivity contribution in [1.82, 2.24) is 0 Å². The molecule has 1 aliphatic heterocycles. The third-order valence-corrected chi connectivity index (χ3v) is 7.24. The first-order valence-electron chi connectivity index (χ1n) is 12.4. The zero-order chi connectivity index (χ0) is 24.5. The summed E-state index contributed by atoms with van der Waals surface area (Å²) in [6, 6.07) is 20.0. The summed E-state index contributed by atoms with van der Waals surface area (Å²) in [7, 11) is 1.42. The molecule has 0 radical (unpaired) electrons. The Morgan fingerprint density at radius 1 is 1.06 bits per heavy atom. The molecule has 184 valence electrons. The van der Waals surface area contributed by atoms with Crippen LogP contribution in [0.5, 0.6) is 5.75 Å². The van der Waals surface area contributed by atoms with Gasteiger partial charge in [-0.15, -0.1) is 0 Å². The van der Waals surface area contributed by atoms with Crippen molar-refractivity contribution in [2.75, 3.05) is 20.3 Å². The zero-order valence-electron chi connectivity index (χ0n) is 20.3. The molecule has 0 N–H and O–H groups in total. The minimum atomic E-state index is -0.169. The minimum Gasteiger partial charge on any atom is -0.485 e. The molecule has 1 aliphatic carbocycles. The molecule has 2 aromatic rings. The third-order valence-electron chi connectivity index (χ3n) is 7.24. The molecule has 4 rings (SSSR count). The Bertz CT molecular complexity index is 1030. The fraction of sp³-hybridized carbons (Fsp3) is 0.400. The number of hydrogen-bond acceptors (Lipinski definition) is 5. The number of carbonyl (C=O) groups is 2. The number of allylic oxidation sites excluding steroid dienone is 2. The topological polar surface area (TPSA) is 61.8 Å². The molecule has 1 heterocycles. The highest BCUT2D eigenvalue weighted by Crippen LogP contribution is 2.56. The smallest absolute Gasteiger partial charge is 0.305 e. The molecule has 1 saturated carbocycles. The third kappa shape index (κ3) is 6.09. The molecule has 2 fully saturated rings. The van der Waals surface area contributed by atoms with Crippen molar-refractivity contribution < 1.29 is 23.8 Å². The van der Waals surface area contributed by atoms with E-state index in [1.165, 1.54) is 12.7 Å². The summed E-state index contributed by atoms with van der Waals surface area (Å²) in [5, 5.41) is 0. The van der Waals surface area contributed by atoms with Crippen LogP contribution in [0.4, 0.5) is 0 Å². The van der Waals surface area contributed by atoms with Gasteiger partial charge in [0, 0.05) is 17.8 Å². The second-order valence-electron chi connectivity index (χ2n) is 9.36. The Morgan fingerprint density at radius 3 is 2.54 bits per heavy atom. The lowest BCUT2D eigenvalue weighted by molar-refractivity contribution is -0.140. The van der Waals surface area contributed by atoms with E-state index in [1.54, 1.807) is 6.08 Å². The van der Waals surface area contributed by atoms with Crippen LogP contribution in [0, 0.1) is 11.8 Å². The van der Waals surface area contributed by atoms with Crippen molar-refractivity contribution in [2.24, 2.45) is 11.8 Å². The summed E-state index contributed by atoms with van der Waals surface area (Å²) in [5.41, 5.74) is 1.25. The summed E-state index contributed by atoms with van der Waals surface area (Å²) in [4.78, 5) is 23.9. The maximum atomic E-state index is 12.5. The van der Waals surface area contributed by atoms with Crippen LogP contribution in [0.15, 0.2) is 85.0 Å². The van der Waals surface area contributed by atoms with Crippen LogP contribution < -0.4 is 4.74 Å². The van der Waals surface area contributed by atoms with Crippen molar-refractivity contribution >= 4 is 11.8 Å². The number of carbonyl (C=O) groups excluding carboxylic acids is 2. The van der Waals surface area contributed by atoms with E-state index in [0.717, 1.165) is 25.7 Å². The number of rotatable bonds is 12. The van der Waals surface area contributed by atoms with Crippen molar-refractivity contribution in [3.05, 3.63) is 90.5 Å². The molecule has 5 nitrogen and oxygen atoms in total. The maximum Gasteiger partial charge on any atom is 0.305 e. The number of unbranched alkanes of at least 4 members (excludes halogenated alkanes) is 1. The van der Waals surface area contributed by atoms with Crippen LogP contribution in [-0.2, 0) is 24.5 Å². The normalized spacial score (nSPS) is 25.3. The Kier molecular flexibility index (Phi) is 8.54. The van der Waals surface area contributed by atoms with Gasteiger partial charge in [0.25, 0.3) is 0 Å². The van der Waals surface area contributed by atoms with E-state index >= 15 is 0 Å². The monoisotopic (exact) mass is 474 g/mol. The van der Waals surface area contributed by atoms with Crippen LogP contribution in [-0.4, -0.2) is 38.2 Å². The average Bonchev–Trinajstić information content (AvgIpc) is 3.47.